The van der Waals surface area contributed by atoms with Gasteiger partial charge >= 0.3 is 0 Å². The number of nitrogens with zero attached hydrogens (tertiary/aromatic N) is 6. The number of nitrogen functional groups attached to an aromatic ring is 2. The number of nitrogens with two attached hydrogens (primary N) is 2. The molecule has 8 N–H and O–H groups in total. The number of hydrogen-bond acceptors (Lipinski definition) is 15. The summed E-state index contributed by atoms with van der Waals surface area (Å²) in [5, 5.41) is 45.0. The summed E-state index contributed by atoms with van der Waals surface area (Å²) < 4.78 is 71.9. The molecule has 0 aliphatic heterocycles. The first kappa shape index (κ1) is 34.3. The van der Waals surface area contributed by atoms with E-state index >= 15 is 0 Å². The van der Waals surface area contributed by atoms with Crippen LogP contribution in [-0.2, 0) is 20.2 Å². The number of aryl methyl sites for hydroxylation is 1. The minimum Gasteiger partial charge on any atom is -0.507 e. The minimum atomic E-state index is -5.05. The molecule has 19 heteroatoms. The van der Waals surface area contributed by atoms with Gasteiger partial charge in [-0.05, 0) is 78.5 Å². The maximum Gasteiger partial charge on any atom is 0.296 e. The molecule has 0 bridgehead atoms. The lowest BCUT2D eigenvalue weighted by Gasteiger charge is -2.11. The van der Waals surface area contributed by atoms with Crippen molar-refractivity contribution in [1.82, 2.24) is 0 Å². The van der Waals surface area contributed by atoms with Crippen molar-refractivity contribution in [2.75, 3.05) is 18.6 Å². The van der Waals surface area contributed by atoms with E-state index in [9.17, 15) is 36.2 Å². The van der Waals surface area contributed by atoms with Gasteiger partial charge in [0.1, 0.15) is 33.5 Å². The van der Waals surface area contributed by atoms with Gasteiger partial charge in [0.2, 0.25) is 0 Å². The highest BCUT2D eigenvalue weighted by Crippen LogP contribution is 2.45. The SMILES string of the molecule is COc1cc(N=Nc2ccc(N=Nc3c(S(=O)(=O)O)cc4cc(S(=O)(=O)O)cc(O)c4c3O)cc2)c(C)cc1N=Nc1ccc(N)cc1N. The monoisotopic (exact) mass is 706 g/mol. The van der Waals surface area contributed by atoms with Gasteiger partial charge in [-0.25, -0.2) is 0 Å². The molecule has 0 radical (unpaired) electrons. The van der Waals surface area contributed by atoms with Crippen LogP contribution in [0.25, 0.3) is 10.8 Å². The lowest BCUT2D eigenvalue weighted by atomic mass is 10.1. The highest BCUT2D eigenvalue weighted by Gasteiger charge is 2.25. The molecule has 0 aromatic heterocycles. The molecule has 0 saturated heterocycles. The number of ether oxygens (including phenoxy) is 1. The smallest absolute Gasteiger partial charge is 0.296 e. The average Bonchev–Trinajstić information content (AvgIpc) is 3.02. The van der Waals surface area contributed by atoms with Gasteiger partial charge < -0.3 is 26.4 Å². The molecule has 0 aliphatic carbocycles. The second-order valence-corrected chi connectivity index (χ2v) is 13.1. The lowest BCUT2D eigenvalue weighted by Crippen LogP contribution is -2.01. The van der Waals surface area contributed by atoms with Crippen molar-refractivity contribution in [3.8, 4) is 17.2 Å². The fraction of sp³-hybridized carbons (Fsp3) is 0.0667. The van der Waals surface area contributed by atoms with E-state index in [1.807, 2.05) is 0 Å². The number of fused-ring (bicyclic) bond motifs is 1. The third-order valence-electron chi connectivity index (χ3n) is 6.88. The van der Waals surface area contributed by atoms with Crippen molar-refractivity contribution in [3.05, 3.63) is 78.4 Å². The van der Waals surface area contributed by atoms with E-state index in [1.54, 1.807) is 37.3 Å². The molecule has 49 heavy (non-hydrogen) atoms. The molecular weight excluding hydrogens is 681 g/mol. The maximum atomic E-state index is 12.1. The Labute approximate surface area is 278 Å². The predicted octanol–water partition coefficient (Wildman–Crippen LogP) is 7.47. The molecule has 5 aromatic carbocycles. The largest absolute Gasteiger partial charge is 0.507 e. The van der Waals surface area contributed by atoms with Crippen LogP contribution in [0.3, 0.4) is 0 Å². The van der Waals surface area contributed by atoms with Crippen molar-refractivity contribution < 1.29 is 40.9 Å². The summed E-state index contributed by atoms with van der Waals surface area (Å²) in [6.45, 7) is 1.80. The number of phenols is 2. The van der Waals surface area contributed by atoms with Crippen molar-refractivity contribution in [1.29, 1.82) is 0 Å². The molecule has 0 unspecified atom stereocenters. The van der Waals surface area contributed by atoms with Gasteiger partial charge in [-0.3, -0.25) is 9.11 Å². The zero-order valence-electron chi connectivity index (χ0n) is 25.4. The predicted molar refractivity (Wildman–Crippen MR) is 179 cm³/mol. The summed E-state index contributed by atoms with van der Waals surface area (Å²) >= 11 is 0. The van der Waals surface area contributed by atoms with Crippen LogP contribution in [0.2, 0.25) is 0 Å². The molecule has 0 spiro atoms. The van der Waals surface area contributed by atoms with E-state index in [0.717, 1.165) is 12.1 Å². The lowest BCUT2D eigenvalue weighted by molar-refractivity contribution is 0.416. The third kappa shape index (κ3) is 7.60. The first-order chi connectivity index (χ1) is 23.0. The molecule has 0 aliphatic rings. The summed E-state index contributed by atoms with van der Waals surface area (Å²) in [4.78, 5) is -1.72. The van der Waals surface area contributed by atoms with E-state index in [1.165, 1.54) is 31.4 Å². The summed E-state index contributed by atoms with van der Waals surface area (Å²) in [6.07, 6.45) is 0. The Morgan fingerprint density at radius 1 is 0.673 bits per heavy atom. The quantitative estimate of drug-likeness (QED) is 0.0496. The van der Waals surface area contributed by atoms with E-state index in [4.69, 9.17) is 16.2 Å². The second kappa shape index (κ2) is 13.2. The number of phenolic OH excluding ortho intramolecular Hbond substituents is 2. The zero-order chi connectivity index (χ0) is 35.7. The third-order valence-corrected chi connectivity index (χ3v) is 8.58. The Kier molecular flexibility index (Phi) is 9.27. The molecule has 0 amide bonds. The highest BCUT2D eigenvalue weighted by molar-refractivity contribution is 7.86. The standard InChI is InChI=1S/C30H26N8O9S2/c1-15-9-24(37-35-22-8-3-17(31)12-21(22)32)26(47-2)14-23(15)36-33-18-4-6-19(7-5-18)34-38-29-27(49(44,45)46)11-16-10-20(48(41,42)43)13-25(39)28(16)30(29)40/h3-14,39-40H,31-32H2,1-2H3,(H,41,42,43)(H,44,45,46). The number of benzene rings is 5. The Morgan fingerprint density at radius 2 is 1.29 bits per heavy atom. The fourth-order valence-electron chi connectivity index (χ4n) is 4.47. The minimum absolute atomic E-state index is 0.167. The molecule has 5 rings (SSSR count). The molecular formula is C30H26N8O9S2. The fourth-order valence-corrected chi connectivity index (χ4v) is 5.66. The Bertz CT molecular complexity index is 2430. The van der Waals surface area contributed by atoms with Crippen LogP contribution in [0.1, 0.15) is 5.56 Å². The molecule has 5 aromatic rings. The summed E-state index contributed by atoms with van der Waals surface area (Å²) in [5.41, 5.74) is 14.4. The normalized spacial score (nSPS) is 12.5. The number of rotatable bonds is 9. The number of methoxy groups -OCH3 is 1. The molecule has 252 valence electrons. The summed E-state index contributed by atoms with van der Waals surface area (Å²) in [7, 11) is -8.39. The van der Waals surface area contributed by atoms with Crippen LogP contribution < -0.4 is 16.2 Å². The number of anilines is 2. The van der Waals surface area contributed by atoms with Gasteiger partial charge in [-0.15, -0.1) is 15.3 Å². The van der Waals surface area contributed by atoms with Gasteiger partial charge in [0.25, 0.3) is 20.2 Å². The summed E-state index contributed by atoms with van der Waals surface area (Å²) in [5.74, 6) is -1.36. The Morgan fingerprint density at radius 3 is 1.88 bits per heavy atom. The molecule has 17 nitrogen and oxygen atoms in total. The van der Waals surface area contributed by atoms with E-state index in [0.29, 0.717) is 51.5 Å². The number of aromatic hydroxyl groups is 2. The van der Waals surface area contributed by atoms with Crippen LogP contribution in [0.15, 0.2) is 113 Å². The topological polar surface area (TPSA) is 285 Å². The van der Waals surface area contributed by atoms with Crippen molar-refractivity contribution in [2.45, 2.75) is 16.7 Å². The maximum absolute atomic E-state index is 12.1. The van der Waals surface area contributed by atoms with E-state index < -0.39 is 52.6 Å². The van der Waals surface area contributed by atoms with Crippen molar-refractivity contribution in [3.63, 3.8) is 0 Å². The van der Waals surface area contributed by atoms with E-state index in [-0.39, 0.29) is 11.1 Å². The van der Waals surface area contributed by atoms with Crippen molar-refractivity contribution >= 4 is 76.5 Å². The van der Waals surface area contributed by atoms with Gasteiger partial charge in [-0.2, -0.15) is 32.2 Å². The number of azo groups is 3. The van der Waals surface area contributed by atoms with Gasteiger partial charge in [0, 0.05) is 17.8 Å². The Hall–Kier alpha value is -6.02. The highest BCUT2D eigenvalue weighted by atomic mass is 32.2. The molecule has 0 heterocycles. The van der Waals surface area contributed by atoms with Crippen LogP contribution in [-0.4, -0.2) is 43.3 Å². The first-order valence-electron chi connectivity index (χ1n) is 13.7. The Balaban J connectivity index is 1.40. The van der Waals surface area contributed by atoms with Crippen LogP contribution in [0.4, 0.5) is 45.5 Å². The second-order valence-electron chi connectivity index (χ2n) is 10.3. The molecule has 0 fully saturated rings. The average molecular weight is 707 g/mol. The van der Waals surface area contributed by atoms with Crippen LogP contribution >= 0.6 is 0 Å². The van der Waals surface area contributed by atoms with Gasteiger partial charge in [0.05, 0.1) is 40.1 Å². The van der Waals surface area contributed by atoms with Crippen LogP contribution in [0, 0.1) is 6.92 Å². The van der Waals surface area contributed by atoms with Crippen molar-refractivity contribution in [2.24, 2.45) is 30.7 Å². The van der Waals surface area contributed by atoms with Gasteiger partial charge in [-0.1, -0.05) is 0 Å². The molecule has 0 saturated carbocycles. The van der Waals surface area contributed by atoms with Crippen LogP contribution in [0.5, 0.6) is 17.2 Å². The van der Waals surface area contributed by atoms with Gasteiger partial charge in [0.15, 0.2) is 5.75 Å². The first-order valence-corrected chi connectivity index (χ1v) is 16.6. The molecule has 0 atom stereocenters. The summed E-state index contributed by atoms with van der Waals surface area (Å²) in [6, 6.07) is 16.4. The number of hydrogen-bond donors (Lipinski definition) is 6. The zero-order valence-corrected chi connectivity index (χ0v) is 27.0. The van der Waals surface area contributed by atoms with E-state index in [2.05, 4.69) is 30.7 Å².